The van der Waals surface area contributed by atoms with Crippen LogP contribution in [-0.4, -0.2) is 15.6 Å². The minimum atomic E-state index is -0.438. The molecular formula is C18H11BrN2O3S. The molecule has 4 rings (SSSR count). The van der Waals surface area contributed by atoms with Gasteiger partial charge >= 0.3 is 4.87 Å². The number of nitrogens with zero attached hydrogens (tertiary/aromatic N) is 2. The van der Waals surface area contributed by atoms with Gasteiger partial charge in [0.25, 0.3) is 5.91 Å². The third-order valence-corrected chi connectivity index (χ3v) is 5.41. The van der Waals surface area contributed by atoms with E-state index in [0.717, 1.165) is 21.4 Å². The Balaban J connectivity index is 1.86. The van der Waals surface area contributed by atoms with E-state index in [-0.39, 0.29) is 27.7 Å². The van der Waals surface area contributed by atoms with Crippen LogP contribution in [0.3, 0.4) is 0 Å². The van der Waals surface area contributed by atoms with Crippen molar-refractivity contribution in [1.29, 1.82) is 0 Å². The lowest BCUT2D eigenvalue weighted by Gasteiger charge is -2.05. The maximum absolute atomic E-state index is 12.4. The van der Waals surface area contributed by atoms with Crippen molar-refractivity contribution in [2.24, 2.45) is 4.99 Å². The van der Waals surface area contributed by atoms with E-state index >= 15 is 0 Å². The summed E-state index contributed by atoms with van der Waals surface area (Å²) in [5.74, 6) is -0.641. The first-order chi connectivity index (χ1) is 12.0. The fraction of sp³-hybridized carbons (Fsp3) is 0.0556. The van der Waals surface area contributed by atoms with Gasteiger partial charge in [-0.2, -0.15) is 0 Å². The van der Waals surface area contributed by atoms with Crippen LogP contribution >= 0.6 is 27.3 Å². The standard InChI is InChI=1S/C18H11BrN2O3S/c19-11-5-3-4-10(8-11)9-21-17(23)15(25-18(21)24)14-12-6-1-2-7-13(12)20-16(14)22/h1-8,23H,9H2. The molecule has 1 aliphatic rings. The SMILES string of the molecule is O=C1N=c2ccccc2=C1c1sc(=O)n(Cc2cccc(Br)c2)c1O. The number of amides is 1. The second-order valence-electron chi connectivity index (χ2n) is 5.55. The summed E-state index contributed by atoms with van der Waals surface area (Å²) in [6.07, 6.45) is 0. The third-order valence-electron chi connectivity index (χ3n) is 3.93. The Kier molecular flexibility index (Phi) is 3.89. The summed E-state index contributed by atoms with van der Waals surface area (Å²) < 4.78 is 2.16. The van der Waals surface area contributed by atoms with E-state index in [2.05, 4.69) is 20.9 Å². The van der Waals surface area contributed by atoms with Crippen molar-refractivity contribution < 1.29 is 9.90 Å². The number of aromatic nitrogens is 1. The summed E-state index contributed by atoms with van der Waals surface area (Å²) in [5.41, 5.74) is 1.15. The molecular weight excluding hydrogens is 404 g/mol. The van der Waals surface area contributed by atoms with Gasteiger partial charge in [0.05, 0.1) is 17.5 Å². The fourth-order valence-corrected chi connectivity index (χ4v) is 4.18. The second-order valence-corrected chi connectivity index (χ2v) is 7.42. The Labute approximate surface area is 154 Å². The number of hydrogen-bond donors (Lipinski definition) is 1. The monoisotopic (exact) mass is 414 g/mol. The van der Waals surface area contributed by atoms with Gasteiger partial charge in [-0.1, -0.05) is 57.6 Å². The smallest absolute Gasteiger partial charge is 0.310 e. The van der Waals surface area contributed by atoms with E-state index in [4.69, 9.17) is 0 Å². The maximum atomic E-state index is 12.4. The first kappa shape index (κ1) is 16.0. The zero-order valence-corrected chi connectivity index (χ0v) is 15.2. The van der Waals surface area contributed by atoms with Crippen LogP contribution in [-0.2, 0) is 11.3 Å². The van der Waals surface area contributed by atoms with E-state index in [1.54, 1.807) is 24.3 Å². The average Bonchev–Trinajstić information content (AvgIpc) is 3.05. The lowest BCUT2D eigenvalue weighted by molar-refractivity contribution is -0.112. The van der Waals surface area contributed by atoms with E-state index in [1.807, 2.05) is 24.3 Å². The number of hydrogen-bond acceptors (Lipinski definition) is 4. The molecule has 25 heavy (non-hydrogen) atoms. The molecule has 1 aromatic heterocycles. The van der Waals surface area contributed by atoms with Crippen LogP contribution in [0.1, 0.15) is 10.4 Å². The first-order valence-corrected chi connectivity index (χ1v) is 9.05. The normalized spacial score (nSPS) is 13.0. The molecule has 1 N–H and O–H groups in total. The summed E-state index contributed by atoms with van der Waals surface area (Å²) in [5, 5.41) is 11.8. The minimum Gasteiger partial charge on any atom is -0.493 e. The van der Waals surface area contributed by atoms with Crippen molar-refractivity contribution in [3.8, 4) is 5.88 Å². The number of para-hydroxylation sites is 1. The molecule has 1 aliphatic heterocycles. The molecule has 7 heteroatoms. The molecule has 0 spiro atoms. The lowest BCUT2D eigenvalue weighted by atomic mass is 10.1. The Morgan fingerprint density at radius 1 is 1.12 bits per heavy atom. The van der Waals surface area contributed by atoms with Gasteiger partial charge in [-0.25, -0.2) is 4.99 Å². The van der Waals surface area contributed by atoms with Crippen molar-refractivity contribution >= 4 is 38.7 Å². The Morgan fingerprint density at radius 2 is 1.92 bits per heavy atom. The highest BCUT2D eigenvalue weighted by Gasteiger charge is 2.25. The Morgan fingerprint density at radius 3 is 2.72 bits per heavy atom. The van der Waals surface area contributed by atoms with Gasteiger partial charge in [0, 0.05) is 9.69 Å². The van der Waals surface area contributed by atoms with E-state index in [9.17, 15) is 14.7 Å². The highest BCUT2D eigenvalue weighted by Crippen LogP contribution is 2.28. The van der Waals surface area contributed by atoms with E-state index in [1.165, 1.54) is 4.57 Å². The van der Waals surface area contributed by atoms with Crippen LogP contribution < -0.4 is 15.4 Å². The molecule has 0 fully saturated rings. The number of carbonyl (C=O) groups is 1. The highest BCUT2D eigenvalue weighted by atomic mass is 79.9. The molecule has 2 aromatic carbocycles. The van der Waals surface area contributed by atoms with Crippen LogP contribution in [0.2, 0.25) is 0 Å². The maximum Gasteiger partial charge on any atom is 0.310 e. The zero-order valence-electron chi connectivity index (χ0n) is 12.8. The van der Waals surface area contributed by atoms with Crippen LogP contribution in [0, 0.1) is 0 Å². The van der Waals surface area contributed by atoms with Crippen molar-refractivity contribution in [2.45, 2.75) is 6.54 Å². The molecule has 0 saturated carbocycles. The van der Waals surface area contributed by atoms with Crippen molar-refractivity contribution in [3.63, 3.8) is 0 Å². The van der Waals surface area contributed by atoms with Crippen LogP contribution in [0.4, 0.5) is 0 Å². The molecule has 0 atom stereocenters. The van der Waals surface area contributed by atoms with E-state index < -0.39 is 5.91 Å². The van der Waals surface area contributed by atoms with Crippen LogP contribution in [0.15, 0.2) is 62.8 Å². The number of benzene rings is 2. The topological polar surface area (TPSA) is 71.7 Å². The quantitative estimate of drug-likeness (QED) is 0.709. The highest BCUT2D eigenvalue weighted by molar-refractivity contribution is 9.10. The van der Waals surface area contributed by atoms with Gasteiger partial charge in [-0.3, -0.25) is 14.2 Å². The zero-order chi connectivity index (χ0) is 17.6. The van der Waals surface area contributed by atoms with Gasteiger partial charge in [0.2, 0.25) is 5.88 Å². The molecule has 2 heterocycles. The molecule has 0 saturated heterocycles. The van der Waals surface area contributed by atoms with Crippen molar-refractivity contribution in [3.05, 3.63) is 83.7 Å². The predicted molar refractivity (Wildman–Crippen MR) is 98.2 cm³/mol. The summed E-state index contributed by atoms with van der Waals surface area (Å²) in [6, 6.07) is 14.6. The molecule has 0 unspecified atom stereocenters. The second kappa shape index (κ2) is 6.09. The van der Waals surface area contributed by atoms with Gasteiger partial charge in [-0.15, -0.1) is 0 Å². The number of thiazole rings is 1. The molecule has 124 valence electrons. The summed E-state index contributed by atoms with van der Waals surface area (Å²) >= 11 is 4.25. The average molecular weight is 415 g/mol. The number of carbonyl (C=O) groups excluding carboxylic acids is 1. The molecule has 1 amide bonds. The molecule has 5 nitrogen and oxygen atoms in total. The van der Waals surface area contributed by atoms with Crippen LogP contribution in [0.25, 0.3) is 5.57 Å². The third kappa shape index (κ3) is 2.75. The van der Waals surface area contributed by atoms with Gasteiger partial charge in [-0.05, 0) is 23.8 Å². The Hall–Kier alpha value is -2.51. The summed E-state index contributed by atoms with van der Waals surface area (Å²) in [6.45, 7) is 0.223. The van der Waals surface area contributed by atoms with Gasteiger partial charge in [0.1, 0.15) is 4.88 Å². The molecule has 0 bridgehead atoms. The largest absolute Gasteiger partial charge is 0.493 e. The number of halogens is 1. The minimum absolute atomic E-state index is 0.203. The van der Waals surface area contributed by atoms with Crippen LogP contribution in [0.5, 0.6) is 5.88 Å². The van der Waals surface area contributed by atoms with Crippen molar-refractivity contribution in [2.75, 3.05) is 0 Å². The molecule has 3 aromatic rings. The number of fused-ring (bicyclic) bond motifs is 1. The predicted octanol–water partition coefficient (Wildman–Crippen LogP) is 1.79. The summed E-state index contributed by atoms with van der Waals surface area (Å²) in [7, 11) is 0. The first-order valence-electron chi connectivity index (χ1n) is 7.44. The van der Waals surface area contributed by atoms with Gasteiger partial charge < -0.3 is 5.11 Å². The summed E-state index contributed by atoms with van der Waals surface area (Å²) in [4.78, 5) is 28.6. The molecule has 0 aliphatic carbocycles. The number of aromatic hydroxyl groups is 1. The van der Waals surface area contributed by atoms with Crippen molar-refractivity contribution in [1.82, 2.24) is 4.57 Å². The van der Waals surface area contributed by atoms with Gasteiger partial charge in [0.15, 0.2) is 0 Å². The fourth-order valence-electron chi connectivity index (χ4n) is 2.80. The lowest BCUT2D eigenvalue weighted by Crippen LogP contribution is -2.22. The van der Waals surface area contributed by atoms with E-state index in [0.29, 0.717) is 10.6 Å². The Bertz CT molecular complexity index is 1190. The molecule has 0 radical (unpaired) electrons. The number of rotatable bonds is 3.